The number of hydrogen-bond acceptors (Lipinski definition) is 4. The minimum absolute atomic E-state index is 0.144. The van der Waals surface area contributed by atoms with Gasteiger partial charge in [-0.15, -0.1) is 0 Å². The number of amides is 1. The number of carbonyl (C=O) groups is 1. The van der Waals surface area contributed by atoms with E-state index in [2.05, 4.69) is 10.4 Å². The second kappa shape index (κ2) is 5.38. The molecule has 0 saturated heterocycles. The zero-order valence-corrected chi connectivity index (χ0v) is 14.0. The van der Waals surface area contributed by atoms with Crippen LogP contribution >= 0.6 is 0 Å². The van der Waals surface area contributed by atoms with Crippen LogP contribution in [0.25, 0.3) is 0 Å². The van der Waals surface area contributed by atoms with Crippen molar-refractivity contribution in [2.75, 3.05) is 15.9 Å². The maximum Gasteiger partial charge on any atom is 0.256 e. The average molecular weight is 334 g/mol. The highest BCUT2D eigenvalue weighted by Crippen LogP contribution is 2.34. The number of carbonyl (C=O) groups excluding carboxylic acids is 1. The third-order valence-electron chi connectivity index (χ3n) is 3.81. The van der Waals surface area contributed by atoms with Gasteiger partial charge in [0.2, 0.25) is 10.0 Å². The molecule has 0 fully saturated rings. The standard InChI is InChI=1S/C15H18N4O3S/c1-10-8-12-9-11(4-5-13(12)19(10)23(3,21)22)15(20)16-14-6-7-18(2)17-14/h4-7,9-10H,8H2,1-3H3,(H,16,17,20). The highest BCUT2D eigenvalue weighted by atomic mass is 32.2. The number of hydrogen-bond donors (Lipinski definition) is 1. The van der Waals surface area contributed by atoms with E-state index in [9.17, 15) is 13.2 Å². The molecule has 1 amide bonds. The number of nitrogens with one attached hydrogen (secondary N) is 1. The van der Waals surface area contributed by atoms with Crippen LogP contribution in [0.5, 0.6) is 0 Å². The van der Waals surface area contributed by atoms with E-state index in [1.807, 2.05) is 6.92 Å². The van der Waals surface area contributed by atoms with E-state index in [0.29, 0.717) is 23.5 Å². The van der Waals surface area contributed by atoms with Gasteiger partial charge in [-0.25, -0.2) is 8.42 Å². The Morgan fingerprint density at radius 2 is 2.09 bits per heavy atom. The van der Waals surface area contributed by atoms with Gasteiger partial charge in [-0.3, -0.25) is 13.8 Å². The van der Waals surface area contributed by atoms with Gasteiger partial charge in [-0.2, -0.15) is 5.10 Å². The first-order valence-corrected chi connectivity index (χ1v) is 9.04. The number of nitrogens with zero attached hydrogens (tertiary/aromatic N) is 3. The quantitative estimate of drug-likeness (QED) is 0.919. The third-order valence-corrected chi connectivity index (χ3v) is 5.08. The van der Waals surface area contributed by atoms with Gasteiger partial charge in [0, 0.05) is 30.9 Å². The predicted octanol–water partition coefficient (Wildman–Crippen LogP) is 1.38. The van der Waals surface area contributed by atoms with E-state index < -0.39 is 10.0 Å². The molecule has 3 rings (SSSR count). The first-order valence-electron chi connectivity index (χ1n) is 7.19. The van der Waals surface area contributed by atoms with Crippen molar-refractivity contribution in [1.29, 1.82) is 0 Å². The summed E-state index contributed by atoms with van der Waals surface area (Å²) in [5.41, 5.74) is 1.99. The van der Waals surface area contributed by atoms with Crippen molar-refractivity contribution >= 4 is 27.4 Å². The van der Waals surface area contributed by atoms with Crippen molar-refractivity contribution in [2.24, 2.45) is 7.05 Å². The fourth-order valence-corrected chi connectivity index (χ4v) is 4.18. The molecule has 1 aliphatic rings. The predicted molar refractivity (Wildman–Crippen MR) is 88.1 cm³/mol. The maximum absolute atomic E-state index is 12.3. The molecule has 23 heavy (non-hydrogen) atoms. The number of sulfonamides is 1. The first-order chi connectivity index (χ1) is 10.8. The summed E-state index contributed by atoms with van der Waals surface area (Å²) in [6.45, 7) is 1.86. The molecule has 0 aliphatic carbocycles. The van der Waals surface area contributed by atoms with Gasteiger partial charge in [0.1, 0.15) is 0 Å². The van der Waals surface area contributed by atoms with Crippen LogP contribution < -0.4 is 9.62 Å². The smallest absolute Gasteiger partial charge is 0.256 e. The lowest BCUT2D eigenvalue weighted by Crippen LogP contribution is -2.34. The van der Waals surface area contributed by atoms with Crippen molar-refractivity contribution in [1.82, 2.24) is 9.78 Å². The summed E-state index contributed by atoms with van der Waals surface area (Å²) in [4.78, 5) is 12.3. The lowest BCUT2D eigenvalue weighted by atomic mass is 10.1. The summed E-state index contributed by atoms with van der Waals surface area (Å²) < 4.78 is 26.8. The summed E-state index contributed by atoms with van der Waals surface area (Å²) in [5.74, 6) is 0.209. The maximum atomic E-state index is 12.3. The summed E-state index contributed by atoms with van der Waals surface area (Å²) in [7, 11) is -1.55. The molecule has 0 bridgehead atoms. The van der Waals surface area contributed by atoms with E-state index in [-0.39, 0.29) is 11.9 Å². The molecule has 8 heteroatoms. The Kier molecular flexibility index (Phi) is 3.63. The molecule has 2 heterocycles. The van der Waals surface area contributed by atoms with Gasteiger partial charge in [0.05, 0.1) is 11.9 Å². The van der Waals surface area contributed by atoms with Crippen LogP contribution in [0.1, 0.15) is 22.8 Å². The number of fused-ring (bicyclic) bond motifs is 1. The Bertz CT molecular complexity index is 873. The second-order valence-corrected chi connectivity index (χ2v) is 7.64. The zero-order valence-electron chi connectivity index (χ0n) is 13.1. The lowest BCUT2D eigenvalue weighted by Gasteiger charge is -2.21. The second-order valence-electron chi connectivity index (χ2n) is 5.78. The van der Waals surface area contributed by atoms with E-state index in [1.54, 1.807) is 42.2 Å². The van der Waals surface area contributed by atoms with Crippen LogP contribution in [0.2, 0.25) is 0 Å². The van der Waals surface area contributed by atoms with Crippen LogP contribution in [0.4, 0.5) is 11.5 Å². The summed E-state index contributed by atoms with van der Waals surface area (Å²) in [6.07, 6.45) is 3.53. The van der Waals surface area contributed by atoms with E-state index >= 15 is 0 Å². The first kappa shape index (κ1) is 15.5. The molecule has 1 unspecified atom stereocenters. The Labute approximate surface area is 135 Å². The van der Waals surface area contributed by atoms with Gasteiger partial charge in [0.15, 0.2) is 5.82 Å². The molecule has 2 aromatic rings. The molecular weight excluding hydrogens is 316 g/mol. The minimum atomic E-state index is -3.32. The van der Waals surface area contributed by atoms with Crippen molar-refractivity contribution in [3.63, 3.8) is 0 Å². The fraction of sp³-hybridized carbons (Fsp3) is 0.333. The molecule has 0 saturated carbocycles. The SMILES string of the molecule is CC1Cc2cc(C(=O)Nc3ccn(C)n3)ccc2N1S(C)(=O)=O. The Morgan fingerprint density at radius 1 is 1.35 bits per heavy atom. The number of rotatable bonds is 3. The van der Waals surface area contributed by atoms with E-state index in [0.717, 1.165) is 5.56 Å². The van der Waals surface area contributed by atoms with Gasteiger partial charge in [-0.05, 0) is 37.1 Å². The van der Waals surface area contributed by atoms with Crippen LogP contribution in [-0.2, 0) is 23.5 Å². The Morgan fingerprint density at radius 3 is 2.70 bits per heavy atom. The number of aryl methyl sites for hydroxylation is 1. The number of aromatic nitrogens is 2. The molecule has 1 N–H and O–H groups in total. The van der Waals surface area contributed by atoms with Crippen LogP contribution in [0.3, 0.4) is 0 Å². The van der Waals surface area contributed by atoms with Crippen LogP contribution in [-0.4, -0.2) is 36.4 Å². The molecular formula is C15H18N4O3S. The topological polar surface area (TPSA) is 84.3 Å². The molecule has 122 valence electrons. The zero-order chi connectivity index (χ0) is 16.8. The van der Waals surface area contributed by atoms with Crippen molar-refractivity contribution < 1.29 is 13.2 Å². The summed E-state index contributed by atoms with van der Waals surface area (Å²) >= 11 is 0. The largest absolute Gasteiger partial charge is 0.305 e. The minimum Gasteiger partial charge on any atom is -0.305 e. The van der Waals surface area contributed by atoms with Gasteiger partial charge in [-0.1, -0.05) is 0 Å². The van der Waals surface area contributed by atoms with Crippen LogP contribution in [0.15, 0.2) is 30.5 Å². The molecule has 0 radical (unpaired) electrons. The van der Waals surface area contributed by atoms with E-state index in [1.165, 1.54) is 10.6 Å². The Hall–Kier alpha value is -2.35. The highest BCUT2D eigenvalue weighted by Gasteiger charge is 2.32. The van der Waals surface area contributed by atoms with Gasteiger partial charge < -0.3 is 5.32 Å². The Balaban J connectivity index is 1.88. The highest BCUT2D eigenvalue weighted by molar-refractivity contribution is 7.92. The van der Waals surface area contributed by atoms with Gasteiger partial charge >= 0.3 is 0 Å². The normalized spacial score (nSPS) is 17.2. The molecule has 1 aromatic heterocycles. The molecule has 0 spiro atoms. The molecule has 1 aromatic carbocycles. The van der Waals surface area contributed by atoms with Gasteiger partial charge in [0.25, 0.3) is 5.91 Å². The molecule has 1 aliphatic heterocycles. The van der Waals surface area contributed by atoms with Crippen molar-refractivity contribution in [2.45, 2.75) is 19.4 Å². The molecule has 1 atom stereocenters. The molecule has 7 nitrogen and oxygen atoms in total. The number of benzene rings is 1. The average Bonchev–Trinajstić information content (AvgIpc) is 2.99. The van der Waals surface area contributed by atoms with Crippen molar-refractivity contribution in [3.8, 4) is 0 Å². The van der Waals surface area contributed by atoms with Crippen LogP contribution in [0, 0.1) is 0 Å². The third kappa shape index (κ3) is 2.94. The monoisotopic (exact) mass is 334 g/mol. The van der Waals surface area contributed by atoms with E-state index in [4.69, 9.17) is 0 Å². The summed E-state index contributed by atoms with van der Waals surface area (Å²) in [5, 5.41) is 6.82. The summed E-state index contributed by atoms with van der Waals surface area (Å²) in [6, 6.07) is 6.63. The van der Waals surface area contributed by atoms with Crippen molar-refractivity contribution in [3.05, 3.63) is 41.6 Å². The fourth-order valence-electron chi connectivity index (χ4n) is 2.92. The number of anilines is 2. The lowest BCUT2D eigenvalue weighted by molar-refractivity contribution is 0.102.